The molecule has 1 atom stereocenters. The van der Waals surface area contributed by atoms with Gasteiger partial charge in [0, 0.05) is 29.1 Å². The molecule has 0 aliphatic carbocycles. The summed E-state index contributed by atoms with van der Waals surface area (Å²) in [6, 6.07) is 14.1. The van der Waals surface area contributed by atoms with E-state index in [4.69, 9.17) is 4.74 Å². The number of aromatic nitrogens is 3. The van der Waals surface area contributed by atoms with Gasteiger partial charge in [0.25, 0.3) is 5.91 Å². The minimum absolute atomic E-state index is 0.0921. The fourth-order valence-corrected chi connectivity index (χ4v) is 4.07. The summed E-state index contributed by atoms with van der Waals surface area (Å²) in [5.41, 5.74) is 7.55. The second-order valence-corrected chi connectivity index (χ2v) is 8.20. The normalized spacial score (nSPS) is 15.0. The van der Waals surface area contributed by atoms with Crippen molar-refractivity contribution in [3.8, 4) is 17.0 Å². The van der Waals surface area contributed by atoms with Crippen LogP contribution in [-0.4, -0.2) is 33.5 Å². The first-order valence-electron chi connectivity index (χ1n) is 10.4. The highest BCUT2D eigenvalue weighted by molar-refractivity contribution is 5.98. The van der Waals surface area contributed by atoms with E-state index < -0.39 is 0 Å². The number of rotatable bonds is 4. The van der Waals surface area contributed by atoms with Crippen molar-refractivity contribution in [2.45, 2.75) is 33.3 Å². The lowest BCUT2D eigenvalue weighted by Gasteiger charge is -2.11. The molecule has 2 aromatic carbocycles. The Morgan fingerprint density at radius 3 is 2.90 bits per heavy atom. The summed E-state index contributed by atoms with van der Waals surface area (Å²) in [6.45, 7) is 6.40. The zero-order chi connectivity index (χ0) is 21.5. The van der Waals surface area contributed by atoms with Crippen LogP contribution in [0.15, 0.2) is 48.7 Å². The Bertz CT molecular complexity index is 1310. The molecule has 1 amide bonds. The number of carbonyl (C=O) groups excluding carboxylic acids is 1. The first kappa shape index (κ1) is 19.3. The van der Waals surface area contributed by atoms with Crippen molar-refractivity contribution in [2.75, 3.05) is 6.54 Å². The third-order valence-electron chi connectivity index (χ3n) is 5.66. The SMILES string of the molecule is Cc1ccc2[nH]c(C(=O)NC[C@H]3Cc4cc(-c5nc(C)cnc5C)ccc4O3)cc2c1. The number of benzene rings is 2. The number of aromatic amines is 1. The van der Waals surface area contributed by atoms with Gasteiger partial charge in [0.05, 0.1) is 23.6 Å². The Morgan fingerprint density at radius 1 is 1.16 bits per heavy atom. The number of aryl methyl sites for hydroxylation is 3. The maximum absolute atomic E-state index is 12.6. The van der Waals surface area contributed by atoms with Crippen LogP contribution in [0.2, 0.25) is 0 Å². The summed E-state index contributed by atoms with van der Waals surface area (Å²) in [7, 11) is 0. The molecule has 1 aliphatic heterocycles. The molecule has 5 rings (SSSR count). The predicted molar refractivity (Wildman–Crippen MR) is 120 cm³/mol. The number of hydrogen-bond acceptors (Lipinski definition) is 4. The van der Waals surface area contributed by atoms with Crippen LogP contribution in [0.1, 0.15) is 33.0 Å². The number of hydrogen-bond donors (Lipinski definition) is 2. The minimum Gasteiger partial charge on any atom is -0.488 e. The Labute approximate surface area is 180 Å². The molecule has 0 spiro atoms. The van der Waals surface area contributed by atoms with Crippen molar-refractivity contribution < 1.29 is 9.53 Å². The highest BCUT2D eigenvalue weighted by Gasteiger charge is 2.24. The number of fused-ring (bicyclic) bond motifs is 2. The third-order valence-corrected chi connectivity index (χ3v) is 5.66. The molecule has 6 heteroatoms. The van der Waals surface area contributed by atoms with E-state index in [1.807, 2.05) is 51.1 Å². The number of carbonyl (C=O) groups is 1. The van der Waals surface area contributed by atoms with E-state index in [0.717, 1.165) is 51.3 Å². The van der Waals surface area contributed by atoms with Crippen molar-refractivity contribution in [1.82, 2.24) is 20.3 Å². The van der Waals surface area contributed by atoms with Crippen LogP contribution in [0.3, 0.4) is 0 Å². The van der Waals surface area contributed by atoms with Crippen LogP contribution in [0.25, 0.3) is 22.2 Å². The molecule has 0 saturated carbocycles. The van der Waals surface area contributed by atoms with E-state index in [0.29, 0.717) is 12.2 Å². The van der Waals surface area contributed by atoms with Crippen molar-refractivity contribution in [2.24, 2.45) is 0 Å². The molecule has 0 bridgehead atoms. The van der Waals surface area contributed by atoms with E-state index in [2.05, 4.69) is 32.4 Å². The molecule has 1 aliphatic rings. The van der Waals surface area contributed by atoms with Gasteiger partial charge in [-0.2, -0.15) is 0 Å². The van der Waals surface area contributed by atoms with Gasteiger partial charge in [-0.1, -0.05) is 11.6 Å². The van der Waals surface area contributed by atoms with Crippen LogP contribution in [0.5, 0.6) is 5.75 Å². The number of nitrogens with one attached hydrogen (secondary N) is 2. The second kappa shape index (κ2) is 7.54. The average molecular weight is 412 g/mol. The van der Waals surface area contributed by atoms with Gasteiger partial charge in [0.2, 0.25) is 0 Å². The van der Waals surface area contributed by atoms with Gasteiger partial charge in [-0.25, -0.2) is 4.98 Å². The quantitative estimate of drug-likeness (QED) is 0.524. The molecule has 6 nitrogen and oxygen atoms in total. The first-order valence-corrected chi connectivity index (χ1v) is 10.4. The summed E-state index contributed by atoms with van der Waals surface area (Å²) in [5.74, 6) is 0.738. The topological polar surface area (TPSA) is 79.9 Å². The molecular formula is C25H24N4O2. The maximum atomic E-state index is 12.6. The molecule has 3 heterocycles. The highest BCUT2D eigenvalue weighted by Crippen LogP contribution is 2.33. The standard InChI is InChI=1S/C25H24N4O2/c1-14-4-6-21-18(8-14)11-22(29-21)25(30)27-13-20-10-19-9-17(5-7-23(19)31-20)24-16(3)26-12-15(2)28-24/h4-9,11-12,20,29H,10,13H2,1-3H3,(H,27,30)/t20-/m1/s1. The Morgan fingerprint density at radius 2 is 2.03 bits per heavy atom. The molecule has 0 unspecified atom stereocenters. The van der Waals surface area contributed by atoms with Crippen molar-refractivity contribution >= 4 is 16.8 Å². The van der Waals surface area contributed by atoms with E-state index in [-0.39, 0.29) is 12.0 Å². The van der Waals surface area contributed by atoms with Crippen LogP contribution >= 0.6 is 0 Å². The molecule has 0 fully saturated rings. The second-order valence-electron chi connectivity index (χ2n) is 8.20. The molecule has 4 aromatic rings. The molecule has 2 N–H and O–H groups in total. The number of ether oxygens (including phenoxy) is 1. The predicted octanol–water partition coefficient (Wildman–Crippen LogP) is 4.28. The lowest BCUT2D eigenvalue weighted by atomic mass is 10.0. The molecular weight excluding hydrogens is 388 g/mol. The zero-order valence-electron chi connectivity index (χ0n) is 17.8. The zero-order valence-corrected chi connectivity index (χ0v) is 17.8. The highest BCUT2D eigenvalue weighted by atomic mass is 16.5. The minimum atomic E-state index is -0.125. The third kappa shape index (κ3) is 3.77. The summed E-state index contributed by atoms with van der Waals surface area (Å²) in [4.78, 5) is 24.9. The summed E-state index contributed by atoms with van der Waals surface area (Å²) in [5, 5.41) is 4.04. The van der Waals surface area contributed by atoms with Gasteiger partial charge >= 0.3 is 0 Å². The number of H-pyrrole nitrogens is 1. The average Bonchev–Trinajstić information content (AvgIpc) is 3.36. The fourth-order valence-electron chi connectivity index (χ4n) is 4.07. The maximum Gasteiger partial charge on any atom is 0.267 e. The van der Waals surface area contributed by atoms with Crippen LogP contribution < -0.4 is 10.1 Å². The van der Waals surface area contributed by atoms with Crippen LogP contribution in [0.4, 0.5) is 0 Å². The molecule has 31 heavy (non-hydrogen) atoms. The Kier molecular flexibility index (Phi) is 4.70. The summed E-state index contributed by atoms with van der Waals surface area (Å²) >= 11 is 0. The number of amides is 1. The smallest absolute Gasteiger partial charge is 0.267 e. The van der Waals surface area contributed by atoms with Gasteiger partial charge in [0.1, 0.15) is 17.5 Å². The van der Waals surface area contributed by atoms with Crippen LogP contribution in [-0.2, 0) is 6.42 Å². The van der Waals surface area contributed by atoms with Gasteiger partial charge in [-0.05, 0) is 62.7 Å². The molecule has 0 radical (unpaired) electrons. The van der Waals surface area contributed by atoms with E-state index in [9.17, 15) is 4.79 Å². The van der Waals surface area contributed by atoms with Gasteiger partial charge < -0.3 is 15.0 Å². The van der Waals surface area contributed by atoms with Gasteiger partial charge in [0.15, 0.2) is 0 Å². The largest absolute Gasteiger partial charge is 0.488 e. The van der Waals surface area contributed by atoms with E-state index in [1.165, 1.54) is 5.56 Å². The van der Waals surface area contributed by atoms with Crippen molar-refractivity contribution in [3.63, 3.8) is 0 Å². The summed E-state index contributed by atoms with van der Waals surface area (Å²) in [6.07, 6.45) is 2.43. The van der Waals surface area contributed by atoms with Crippen molar-refractivity contribution in [3.05, 3.63) is 76.9 Å². The van der Waals surface area contributed by atoms with Gasteiger partial charge in [-0.3, -0.25) is 9.78 Å². The van der Waals surface area contributed by atoms with E-state index >= 15 is 0 Å². The summed E-state index contributed by atoms with van der Waals surface area (Å²) < 4.78 is 6.05. The monoisotopic (exact) mass is 412 g/mol. The van der Waals surface area contributed by atoms with Crippen molar-refractivity contribution in [1.29, 1.82) is 0 Å². The van der Waals surface area contributed by atoms with Gasteiger partial charge in [-0.15, -0.1) is 0 Å². The number of nitrogens with zero attached hydrogens (tertiary/aromatic N) is 2. The Hall–Kier alpha value is -3.67. The van der Waals surface area contributed by atoms with Crippen LogP contribution in [0, 0.1) is 20.8 Å². The molecule has 156 valence electrons. The lowest BCUT2D eigenvalue weighted by Crippen LogP contribution is -2.34. The molecule has 2 aromatic heterocycles. The fraction of sp³-hybridized carbons (Fsp3) is 0.240. The Balaban J connectivity index is 1.26. The first-order chi connectivity index (χ1) is 15.0. The lowest BCUT2D eigenvalue weighted by molar-refractivity contribution is 0.0929. The van der Waals surface area contributed by atoms with E-state index in [1.54, 1.807) is 6.20 Å². The molecule has 0 saturated heterocycles.